The minimum absolute atomic E-state index is 0.173. The van der Waals surface area contributed by atoms with E-state index in [4.69, 9.17) is 0 Å². The summed E-state index contributed by atoms with van der Waals surface area (Å²) in [5, 5.41) is 0. The monoisotopic (exact) mass is 447 g/mol. The Bertz CT molecular complexity index is 547. The summed E-state index contributed by atoms with van der Waals surface area (Å²) in [5.74, 6) is -0.861. The molecule has 1 N–H and O–H groups in total. The maximum Gasteiger partial charge on any atom is 0.306 e. The Labute approximate surface area is 128 Å². The van der Waals surface area contributed by atoms with E-state index in [9.17, 15) is 13.2 Å². The summed E-state index contributed by atoms with van der Waals surface area (Å²) in [7, 11) is -2.34. The molecule has 18 heavy (non-hydrogen) atoms. The predicted molar refractivity (Wildman–Crippen MR) is 80.9 cm³/mol. The number of carbonyl (C=O) groups excluding carboxylic acids is 1. The van der Waals surface area contributed by atoms with Gasteiger partial charge in [0.1, 0.15) is 0 Å². The first kappa shape index (κ1) is 15.7. The normalized spacial score (nSPS) is 11.1. The smallest absolute Gasteiger partial charge is 0.306 e. The molecule has 0 radical (unpaired) electrons. The lowest BCUT2D eigenvalue weighted by Gasteiger charge is -2.09. The first-order chi connectivity index (χ1) is 8.34. The lowest BCUT2D eigenvalue weighted by Crippen LogP contribution is -2.19. The second kappa shape index (κ2) is 6.71. The van der Waals surface area contributed by atoms with Gasteiger partial charge < -0.3 is 4.74 Å². The minimum Gasteiger partial charge on any atom is -0.469 e. The van der Waals surface area contributed by atoms with Crippen LogP contribution >= 0.6 is 38.5 Å². The van der Waals surface area contributed by atoms with Crippen molar-refractivity contribution in [2.75, 3.05) is 17.6 Å². The number of hydrogen-bond donors (Lipinski definition) is 1. The van der Waals surface area contributed by atoms with Gasteiger partial charge in [-0.2, -0.15) is 0 Å². The summed E-state index contributed by atoms with van der Waals surface area (Å²) >= 11 is 5.39. The number of methoxy groups -OCH3 is 1. The quantitative estimate of drug-likeness (QED) is 0.555. The van der Waals surface area contributed by atoms with Crippen molar-refractivity contribution in [1.82, 2.24) is 0 Å². The fourth-order valence-corrected chi connectivity index (χ4v) is 3.69. The molecule has 1 rings (SSSR count). The van der Waals surface area contributed by atoms with Gasteiger partial charge in [0.25, 0.3) is 0 Å². The summed E-state index contributed by atoms with van der Waals surface area (Å²) in [4.78, 5) is 10.9. The number of hydrogen-bond acceptors (Lipinski definition) is 4. The van der Waals surface area contributed by atoms with E-state index in [0.29, 0.717) is 10.2 Å². The number of anilines is 1. The molecule has 0 heterocycles. The summed E-state index contributed by atoms with van der Waals surface area (Å²) in [5.41, 5.74) is 0.445. The molecular formula is C10H11BrINO4S. The molecule has 0 aliphatic carbocycles. The first-order valence-electron chi connectivity index (χ1n) is 4.86. The molecule has 1 aromatic rings. The van der Waals surface area contributed by atoms with Gasteiger partial charge in [0.05, 0.1) is 25.0 Å². The molecule has 0 aromatic heterocycles. The standard InChI is InChI=1S/C10H11BrINO4S/c1-17-10(14)4-5-18(15,16)13-9-3-2-7(12)6-8(9)11/h2-3,6,13H,4-5H2,1H3. The number of carbonyl (C=O) groups is 1. The van der Waals surface area contributed by atoms with E-state index in [1.54, 1.807) is 18.2 Å². The zero-order valence-corrected chi connectivity index (χ0v) is 14.0. The van der Waals surface area contributed by atoms with E-state index in [1.807, 2.05) is 0 Å². The van der Waals surface area contributed by atoms with Crippen LogP contribution in [0.15, 0.2) is 22.7 Å². The largest absolute Gasteiger partial charge is 0.469 e. The maximum atomic E-state index is 11.7. The molecule has 100 valence electrons. The van der Waals surface area contributed by atoms with Crippen molar-refractivity contribution in [2.45, 2.75) is 6.42 Å². The second-order valence-corrected chi connectivity index (χ2v) is 7.31. The van der Waals surface area contributed by atoms with Crippen LogP contribution in [0.25, 0.3) is 0 Å². The Morgan fingerprint density at radius 2 is 2.17 bits per heavy atom. The SMILES string of the molecule is COC(=O)CCS(=O)(=O)Nc1ccc(I)cc1Br. The molecule has 0 unspecified atom stereocenters. The number of benzene rings is 1. The second-order valence-electron chi connectivity index (χ2n) is 3.37. The van der Waals surface area contributed by atoms with Crippen molar-refractivity contribution in [1.29, 1.82) is 0 Å². The molecule has 5 nitrogen and oxygen atoms in total. The van der Waals surface area contributed by atoms with Gasteiger partial charge in [0.2, 0.25) is 10.0 Å². The van der Waals surface area contributed by atoms with Crippen molar-refractivity contribution in [3.05, 3.63) is 26.2 Å². The highest BCUT2D eigenvalue weighted by Crippen LogP contribution is 2.25. The highest BCUT2D eigenvalue weighted by Gasteiger charge is 2.15. The molecule has 0 aliphatic rings. The Morgan fingerprint density at radius 1 is 1.50 bits per heavy atom. The van der Waals surface area contributed by atoms with Crippen LogP contribution in [0.4, 0.5) is 5.69 Å². The molecule has 0 bridgehead atoms. The average Bonchev–Trinajstić information content (AvgIpc) is 2.30. The molecule has 8 heteroatoms. The van der Waals surface area contributed by atoms with Gasteiger partial charge in [-0.05, 0) is 56.7 Å². The van der Waals surface area contributed by atoms with E-state index in [-0.39, 0.29) is 12.2 Å². The van der Waals surface area contributed by atoms with Crippen LogP contribution in [-0.2, 0) is 19.6 Å². The molecule has 0 saturated carbocycles. The van der Waals surface area contributed by atoms with Crippen LogP contribution in [0, 0.1) is 3.57 Å². The molecule has 0 atom stereocenters. The lowest BCUT2D eigenvalue weighted by molar-refractivity contribution is -0.140. The van der Waals surface area contributed by atoms with Gasteiger partial charge in [-0.25, -0.2) is 8.42 Å². The van der Waals surface area contributed by atoms with Crippen molar-refractivity contribution in [2.24, 2.45) is 0 Å². The van der Waals surface area contributed by atoms with E-state index >= 15 is 0 Å². The zero-order valence-electron chi connectivity index (χ0n) is 9.44. The maximum absolute atomic E-state index is 11.7. The molecule has 0 fully saturated rings. The summed E-state index contributed by atoms with van der Waals surface area (Å²) in [6.45, 7) is 0. The van der Waals surface area contributed by atoms with Gasteiger partial charge in [-0.15, -0.1) is 0 Å². The molecule has 0 aliphatic heterocycles. The van der Waals surface area contributed by atoms with Gasteiger partial charge in [0.15, 0.2) is 0 Å². The number of esters is 1. The van der Waals surface area contributed by atoms with E-state index < -0.39 is 16.0 Å². The third kappa shape index (κ3) is 5.11. The predicted octanol–water partition coefficient (Wildman–Crippen LogP) is 2.36. The van der Waals surface area contributed by atoms with Crippen LogP contribution in [0.2, 0.25) is 0 Å². The topological polar surface area (TPSA) is 72.5 Å². The van der Waals surface area contributed by atoms with Gasteiger partial charge in [-0.1, -0.05) is 0 Å². The molecule has 0 amide bonds. The average molecular weight is 448 g/mol. The van der Waals surface area contributed by atoms with E-state index in [2.05, 4.69) is 48.0 Å². The highest BCUT2D eigenvalue weighted by atomic mass is 127. The summed E-state index contributed by atoms with van der Waals surface area (Å²) in [6.07, 6.45) is -0.173. The van der Waals surface area contributed by atoms with Crippen LogP contribution < -0.4 is 4.72 Å². The summed E-state index contributed by atoms with van der Waals surface area (Å²) < 4.78 is 31.9. The first-order valence-corrected chi connectivity index (χ1v) is 8.39. The number of halogens is 2. The third-order valence-corrected chi connectivity index (χ3v) is 4.60. The Hall–Kier alpha value is -0.350. The van der Waals surface area contributed by atoms with Crippen LogP contribution in [0.1, 0.15) is 6.42 Å². The molecule has 0 saturated heterocycles. The fraction of sp³-hybridized carbons (Fsp3) is 0.300. The Morgan fingerprint density at radius 3 is 2.72 bits per heavy atom. The van der Waals surface area contributed by atoms with Crippen LogP contribution in [-0.4, -0.2) is 27.2 Å². The van der Waals surface area contributed by atoms with Gasteiger partial charge in [-0.3, -0.25) is 9.52 Å². The number of ether oxygens (including phenoxy) is 1. The van der Waals surface area contributed by atoms with Gasteiger partial charge >= 0.3 is 5.97 Å². The summed E-state index contributed by atoms with van der Waals surface area (Å²) in [6, 6.07) is 5.23. The van der Waals surface area contributed by atoms with E-state index in [1.165, 1.54) is 7.11 Å². The minimum atomic E-state index is -3.56. The number of nitrogens with one attached hydrogen (secondary N) is 1. The van der Waals surface area contributed by atoms with Crippen molar-refractivity contribution < 1.29 is 17.9 Å². The zero-order chi connectivity index (χ0) is 13.8. The Kier molecular flexibility index (Phi) is 5.86. The highest BCUT2D eigenvalue weighted by molar-refractivity contribution is 14.1. The number of rotatable bonds is 5. The fourth-order valence-electron chi connectivity index (χ4n) is 1.11. The van der Waals surface area contributed by atoms with Crippen molar-refractivity contribution >= 4 is 60.2 Å². The molecule has 0 spiro atoms. The van der Waals surface area contributed by atoms with Crippen molar-refractivity contribution in [3.63, 3.8) is 0 Å². The van der Waals surface area contributed by atoms with Crippen LogP contribution in [0.5, 0.6) is 0 Å². The molecule has 1 aromatic carbocycles. The van der Waals surface area contributed by atoms with E-state index in [0.717, 1.165) is 3.57 Å². The lowest BCUT2D eigenvalue weighted by atomic mass is 10.3. The number of sulfonamides is 1. The molecular weight excluding hydrogens is 437 g/mol. The Balaban J connectivity index is 2.73. The van der Waals surface area contributed by atoms with Gasteiger partial charge in [0, 0.05) is 8.04 Å². The van der Waals surface area contributed by atoms with Crippen molar-refractivity contribution in [3.8, 4) is 0 Å². The van der Waals surface area contributed by atoms with Crippen LogP contribution in [0.3, 0.4) is 0 Å². The third-order valence-electron chi connectivity index (χ3n) is 2.00.